The molecule has 1 aromatic carbocycles. The molecule has 0 saturated heterocycles. The number of nitrogens with zero attached hydrogens (tertiary/aromatic N) is 1. The number of rotatable bonds is 15. The molecule has 8 heteroatoms. The first kappa shape index (κ1) is 21.5. The van der Waals surface area contributed by atoms with Crippen molar-refractivity contribution in [3.8, 4) is 0 Å². The van der Waals surface area contributed by atoms with Crippen molar-refractivity contribution in [1.29, 1.82) is 0 Å². The zero-order valence-corrected chi connectivity index (χ0v) is 15.8. The number of nitrogens with one attached hydrogen (secondary N) is 1. The van der Waals surface area contributed by atoms with Crippen molar-refractivity contribution in [1.82, 2.24) is 10.2 Å². The molecule has 8 nitrogen and oxygen atoms in total. The van der Waals surface area contributed by atoms with E-state index >= 15 is 0 Å². The standard InChI is InChI=1S/C19H28N2O6/c1-20-6-8-24-10-12-26-14-15-27-13-11-25-9-7-21-18(22)16-4-2-3-5-17(16)19(21)23/h2-5,20H,6-15H2,1H3. The lowest BCUT2D eigenvalue weighted by Gasteiger charge is -2.13. The van der Waals surface area contributed by atoms with Gasteiger partial charge in [0.1, 0.15) is 0 Å². The second-order valence-electron chi connectivity index (χ2n) is 5.86. The molecule has 0 unspecified atom stereocenters. The van der Waals surface area contributed by atoms with Gasteiger partial charge in [-0.3, -0.25) is 14.5 Å². The second kappa shape index (κ2) is 12.5. The average Bonchev–Trinajstić information content (AvgIpc) is 2.93. The van der Waals surface area contributed by atoms with E-state index in [4.69, 9.17) is 18.9 Å². The van der Waals surface area contributed by atoms with Gasteiger partial charge in [0, 0.05) is 6.54 Å². The van der Waals surface area contributed by atoms with Gasteiger partial charge in [0.15, 0.2) is 0 Å². The van der Waals surface area contributed by atoms with Gasteiger partial charge in [-0.15, -0.1) is 0 Å². The van der Waals surface area contributed by atoms with E-state index in [9.17, 15) is 9.59 Å². The first-order valence-electron chi connectivity index (χ1n) is 9.16. The van der Waals surface area contributed by atoms with Crippen molar-refractivity contribution in [2.24, 2.45) is 0 Å². The SMILES string of the molecule is CNCCOCCOCCOCCOCCN1C(=O)c2ccccc2C1=O. The fraction of sp³-hybridized carbons (Fsp3) is 0.579. The number of amides is 2. The van der Waals surface area contributed by atoms with Crippen LogP contribution in [-0.4, -0.2) is 89.7 Å². The van der Waals surface area contributed by atoms with Crippen LogP contribution in [0, 0.1) is 0 Å². The van der Waals surface area contributed by atoms with Gasteiger partial charge in [-0.05, 0) is 19.2 Å². The van der Waals surface area contributed by atoms with Gasteiger partial charge in [-0.2, -0.15) is 0 Å². The molecule has 0 radical (unpaired) electrons. The van der Waals surface area contributed by atoms with Crippen molar-refractivity contribution in [2.75, 3.05) is 73.0 Å². The highest BCUT2D eigenvalue weighted by molar-refractivity contribution is 6.21. The quantitative estimate of drug-likeness (QED) is 0.352. The summed E-state index contributed by atoms with van der Waals surface area (Å²) in [5, 5.41) is 3.00. The molecule has 0 atom stereocenters. The van der Waals surface area contributed by atoms with E-state index in [1.165, 1.54) is 4.90 Å². The van der Waals surface area contributed by atoms with Crippen LogP contribution in [0.2, 0.25) is 0 Å². The van der Waals surface area contributed by atoms with Gasteiger partial charge >= 0.3 is 0 Å². The first-order chi connectivity index (χ1) is 13.3. The number of likely N-dealkylation sites (N-methyl/N-ethyl adjacent to an activating group) is 1. The maximum Gasteiger partial charge on any atom is 0.261 e. The van der Waals surface area contributed by atoms with Gasteiger partial charge in [0.2, 0.25) is 0 Å². The molecule has 150 valence electrons. The van der Waals surface area contributed by atoms with Crippen LogP contribution in [-0.2, 0) is 18.9 Å². The van der Waals surface area contributed by atoms with Crippen LogP contribution >= 0.6 is 0 Å². The zero-order valence-electron chi connectivity index (χ0n) is 15.8. The molecule has 2 amide bonds. The Morgan fingerprint density at radius 2 is 1.19 bits per heavy atom. The maximum absolute atomic E-state index is 12.2. The normalized spacial score (nSPS) is 13.4. The largest absolute Gasteiger partial charge is 0.378 e. The summed E-state index contributed by atoms with van der Waals surface area (Å²) in [5.74, 6) is -0.523. The van der Waals surface area contributed by atoms with Gasteiger partial charge in [-0.1, -0.05) is 12.1 Å². The number of carbonyl (C=O) groups is 2. The van der Waals surface area contributed by atoms with Crippen molar-refractivity contribution in [2.45, 2.75) is 0 Å². The molecule has 0 aromatic heterocycles. The molecular formula is C19H28N2O6. The van der Waals surface area contributed by atoms with Crippen LogP contribution in [0.5, 0.6) is 0 Å². The van der Waals surface area contributed by atoms with E-state index in [1.54, 1.807) is 24.3 Å². The first-order valence-corrected chi connectivity index (χ1v) is 9.16. The molecular weight excluding hydrogens is 352 g/mol. The molecule has 1 aromatic rings. The third kappa shape index (κ3) is 7.00. The minimum absolute atomic E-state index is 0.239. The molecule has 0 saturated carbocycles. The van der Waals surface area contributed by atoms with Crippen LogP contribution in [0.4, 0.5) is 0 Å². The van der Waals surface area contributed by atoms with Crippen LogP contribution in [0.15, 0.2) is 24.3 Å². The van der Waals surface area contributed by atoms with E-state index in [0.717, 1.165) is 6.54 Å². The van der Waals surface area contributed by atoms with Crippen LogP contribution < -0.4 is 5.32 Å². The molecule has 1 heterocycles. The number of imide groups is 1. The van der Waals surface area contributed by atoms with E-state index in [-0.39, 0.29) is 25.0 Å². The van der Waals surface area contributed by atoms with E-state index < -0.39 is 0 Å². The minimum atomic E-state index is -0.262. The van der Waals surface area contributed by atoms with Crippen molar-refractivity contribution in [3.63, 3.8) is 0 Å². The molecule has 2 rings (SSSR count). The smallest absolute Gasteiger partial charge is 0.261 e. The third-order valence-corrected chi connectivity index (χ3v) is 3.95. The zero-order chi connectivity index (χ0) is 19.3. The van der Waals surface area contributed by atoms with Crippen LogP contribution in [0.25, 0.3) is 0 Å². The summed E-state index contributed by atoms with van der Waals surface area (Å²) in [6.45, 7) is 4.97. The number of fused-ring (bicyclic) bond motifs is 1. The Labute approximate surface area is 159 Å². The predicted octanol–water partition coefficient (Wildman–Crippen LogP) is 0.568. The Bertz CT molecular complexity index is 560. The summed E-state index contributed by atoms with van der Waals surface area (Å²) in [6.07, 6.45) is 0. The number of ether oxygens (including phenoxy) is 4. The lowest BCUT2D eigenvalue weighted by atomic mass is 10.1. The summed E-state index contributed by atoms with van der Waals surface area (Å²) in [7, 11) is 1.88. The van der Waals surface area contributed by atoms with E-state index in [0.29, 0.717) is 57.4 Å². The van der Waals surface area contributed by atoms with Gasteiger partial charge in [0.25, 0.3) is 11.8 Å². The molecule has 0 bridgehead atoms. The van der Waals surface area contributed by atoms with Gasteiger partial charge < -0.3 is 24.3 Å². The predicted molar refractivity (Wildman–Crippen MR) is 99.0 cm³/mol. The molecule has 1 aliphatic rings. The maximum atomic E-state index is 12.2. The minimum Gasteiger partial charge on any atom is -0.378 e. The summed E-state index contributed by atoms with van der Waals surface area (Å²) >= 11 is 0. The van der Waals surface area contributed by atoms with Gasteiger partial charge in [0.05, 0.1) is 70.5 Å². The molecule has 0 fully saturated rings. The fourth-order valence-corrected chi connectivity index (χ4v) is 2.53. The topological polar surface area (TPSA) is 86.3 Å². The number of hydrogen-bond acceptors (Lipinski definition) is 7. The average molecular weight is 380 g/mol. The lowest BCUT2D eigenvalue weighted by Crippen LogP contribution is -2.33. The summed E-state index contributed by atoms with van der Waals surface area (Å²) in [5.41, 5.74) is 0.913. The molecule has 1 aliphatic heterocycles. The Morgan fingerprint density at radius 1 is 0.741 bits per heavy atom. The Balaban J connectivity index is 1.43. The molecule has 1 N–H and O–H groups in total. The highest BCUT2D eigenvalue weighted by atomic mass is 16.6. The number of benzene rings is 1. The van der Waals surface area contributed by atoms with Crippen molar-refractivity contribution < 1.29 is 28.5 Å². The summed E-state index contributed by atoms with van der Waals surface area (Å²) in [6, 6.07) is 6.84. The summed E-state index contributed by atoms with van der Waals surface area (Å²) < 4.78 is 21.5. The lowest BCUT2D eigenvalue weighted by molar-refractivity contribution is -0.00281. The monoisotopic (exact) mass is 380 g/mol. The van der Waals surface area contributed by atoms with Crippen LogP contribution in [0.1, 0.15) is 20.7 Å². The Hall–Kier alpha value is -1.84. The number of hydrogen-bond donors (Lipinski definition) is 1. The molecule has 27 heavy (non-hydrogen) atoms. The Kier molecular flexibility index (Phi) is 9.96. The highest BCUT2D eigenvalue weighted by Crippen LogP contribution is 2.21. The van der Waals surface area contributed by atoms with Crippen molar-refractivity contribution >= 4 is 11.8 Å². The fourth-order valence-electron chi connectivity index (χ4n) is 2.53. The van der Waals surface area contributed by atoms with Crippen molar-refractivity contribution in [3.05, 3.63) is 35.4 Å². The van der Waals surface area contributed by atoms with Crippen LogP contribution in [0.3, 0.4) is 0 Å². The molecule has 0 spiro atoms. The third-order valence-electron chi connectivity index (χ3n) is 3.95. The second-order valence-corrected chi connectivity index (χ2v) is 5.86. The summed E-state index contributed by atoms with van der Waals surface area (Å²) in [4.78, 5) is 25.6. The van der Waals surface area contributed by atoms with E-state index in [2.05, 4.69) is 5.32 Å². The van der Waals surface area contributed by atoms with E-state index in [1.807, 2.05) is 7.05 Å². The van der Waals surface area contributed by atoms with Gasteiger partial charge in [-0.25, -0.2) is 0 Å². The number of carbonyl (C=O) groups excluding carboxylic acids is 2. The molecule has 0 aliphatic carbocycles. The Morgan fingerprint density at radius 3 is 1.67 bits per heavy atom. The highest BCUT2D eigenvalue weighted by Gasteiger charge is 2.34.